The van der Waals surface area contributed by atoms with Crippen molar-refractivity contribution in [2.45, 2.75) is 37.8 Å². The van der Waals surface area contributed by atoms with Gasteiger partial charge in [-0.1, -0.05) is 48.6 Å². The van der Waals surface area contributed by atoms with Gasteiger partial charge in [0.05, 0.1) is 0 Å². The highest BCUT2D eigenvalue weighted by atomic mass is 14.7. The molecule has 0 aliphatic heterocycles. The maximum absolute atomic E-state index is 6.52. The van der Waals surface area contributed by atoms with Gasteiger partial charge in [-0.25, -0.2) is 0 Å². The molecule has 0 fully saturated rings. The minimum atomic E-state index is 0.0492. The molecule has 0 spiro atoms. The Morgan fingerprint density at radius 3 is 1.59 bits per heavy atom. The molecule has 2 nitrogen and oxygen atoms in total. The molecule has 0 saturated carbocycles. The Labute approximate surface area is 132 Å². The molecule has 4 aliphatic carbocycles. The molecule has 4 aliphatic rings. The second kappa shape index (κ2) is 5.53. The third kappa shape index (κ3) is 2.18. The molecule has 4 rings (SSSR count). The van der Waals surface area contributed by atoms with Crippen LogP contribution in [0.1, 0.15) is 25.7 Å². The quantitative estimate of drug-likeness (QED) is 0.779. The second-order valence-electron chi connectivity index (χ2n) is 6.77. The van der Waals surface area contributed by atoms with E-state index in [9.17, 15) is 0 Å². The average Bonchev–Trinajstić information content (AvgIpc) is 2.56. The van der Waals surface area contributed by atoms with Gasteiger partial charge in [0.1, 0.15) is 0 Å². The molecule has 0 radical (unpaired) electrons. The van der Waals surface area contributed by atoms with E-state index in [0.717, 1.165) is 25.7 Å². The third-order valence-electron chi connectivity index (χ3n) is 5.47. The molecule has 0 bridgehead atoms. The van der Waals surface area contributed by atoms with Crippen LogP contribution in [0.25, 0.3) is 0 Å². The van der Waals surface area contributed by atoms with Crippen LogP contribution >= 0.6 is 0 Å². The fourth-order valence-corrected chi connectivity index (χ4v) is 4.38. The number of hydrogen-bond donors (Lipinski definition) is 2. The van der Waals surface area contributed by atoms with E-state index < -0.39 is 0 Å². The Balaban J connectivity index is 1.79. The van der Waals surface area contributed by atoms with Crippen molar-refractivity contribution in [2.75, 3.05) is 0 Å². The minimum Gasteiger partial charge on any atom is -0.324 e. The Bertz CT molecular complexity index is 599. The van der Waals surface area contributed by atoms with Gasteiger partial charge in [0.15, 0.2) is 0 Å². The number of nitrogens with two attached hydrogens (primary N) is 2. The van der Waals surface area contributed by atoms with Gasteiger partial charge >= 0.3 is 0 Å². The van der Waals surface area contributed by atoms with Gasteiger partial charge in [-0.15, -0.1) is 0 Å². The molecule has 2 heteroatoms. The van der Waals surface area contributed by atoms with Crippen LogP contribution < -0.4 is 11.5 Å². The SMILES string of the molecule is NC1C=CC2=C(C=CCC2)[C@@H]1[C@H]1C2=C(C=CC1N)CCC=C2. The van der Waals surface area contributed by atoms with Crippen molar-refractivity contribution in [1.82, 2.24) is 0 Å². The second-order valence-corrected chi connectivity index (χ2v) is 6.77. The molecule has 22 heavy (non-hydrogen) atoms. The van der Waals surface area contributed by atoms with Crippen LogP contribution in [-0.4, -0.2) is 12.1 Å². The highest BCUT2D eigenvalue weighted by Gasteiger charge is 2.38. The smallest absolute Gasteiger partial charge is 0.0303 e. The summed E-state index contributed by atoms with van der Waals surface area (Å²) in [5.74, 6) is 0.591. The summed E-state index contributed by atoms with van der Waals surface area (Å²) >= 11 is 0. The summed E-state index contributed by atoms with van der Waals surface area (Å²) in [6.07, 6.45) is 22.5. The van der Waals surface area contributed by atoms with Crippen LogP contribution in [0.5, 0.6) is 0 Å². The lowest BCUT2D eigenvalue weighted by Gasteiger charge is -2.41. The molecule has 4 N–H and O–H groups in total. The highest BCUT2D eigenvalue weighted by Crippen LogP contribution is 2.43. The molecule has 4 atom stereocenters. The lowest BCUT2D eigenvalue weighted by Crippen LogP contribution is -2.46. The monoisotopic (exact) mass is 292 g/mol. The molecule has 0 saturated heterocycles. The predicted molar refractivity (Wildman–Crippen MR) is 92.0 cm³/mol. The van der Waals surface area contributed by atoms with Crippen LogP contribution in [0.15, 0.2) is 70.9 Å². The number of hydrogen-bond acceptors (Lipinski definition) is 2. The summed E-state index contributed by atoms with van der Waals surface area (Å²) in [5, 5.41) is 0. The van der Waals surface area contributed by atoms with E-state index in [4.69, 9.17) is 11.5 Å². The van der Waals surface area contributed by atoms with Crippen molar-refractivity contribution in [3.05, 3.63) is 70.9 Å². The fourth-order valence-electron chi connectivity index (χ4n) is 4.38. The van der Waals surface area contributed by atoms with Gasteiger partial charge in [-0.3, -0.25) is 0 Å². The number of allylic oxidation sites excluding steroid dienone is 8. The van der Waals surface area contributed by atoms with Gasteiger partial charge in [0.25, 0.3) is 0 Å². The third-order valence-corrected chi connectivity index (χ3v) is 5.47. The van der Waals surface area contributed by atoms with Crippen LogP contribution in [0, 0.1) is 11.8 Å². The van der Waals surface area contributed by atoms with Gasteiger partial charge in [-0.2, -0.15) is 0 Å². The first-order valence-corrected chi connectivity index (χ1v) is 8.42. The topological polar surface area (TPSA) is 52.0 Å². The Kier molecular flexibility index (Phi) is 3.51. The Morgan fingerprint density at radius 2 is 1.14 bits per heavy atom. The van der Waals surface area contributed by atoms with Crippen molar-refractivity contribution in [2.24, 2.45) is 23.3 Å². The molecule has 114 valence electrons. The molecular weight excluding hydrogens is 268 g/mol. The highest BCUT2D eigenvalue weighted by molar-refractivity contribution is 5.49. The minimum absolute atomic E-state index is 0.0492. The molecule has 0 amide bonds. The van der Waals surface area contributed by atoms with Gasteiger partial charge < -0.3 is 11.5 Å². The fraction of sp³-hybridized carbons (Fsp3) is 0.400. The van der Waals surface area contributed by atoms with Gasteiger partial charge in [0, 0.05) is 23.9 Å². The Morgan fingerprint density at radius 1 is 0.682 bits per heavy atom. The molecule has 0 heterocycles. The van der Waals surface area contributed by atoms with E-state index >= 15 is 0 Å². The van der Waals surface area contributed by atoms with Crippen molar-refractivity contribution >= 4 is 0 Å². The van der Waals surface area contributed by atoms with Crippen molar-refractivity contribution in [3.8, 4) is 0 Å². The summed E-state index contributed by atoms with van der Waals surface area (Å²) in [5.41, 5.74) is 18.8. The van der Waals surface area contributed by atoms with Crippen molar-refractivity contribution < 1.29 is 0 Å². The maximum atomic E-state index is 6.52. The van der Waals surface area contributed by atoms with Crippen molar-refractivity contribution in [1.29, 1.82) is 0 Å². The lowest BCUT2D eigenvalue weighted by molar-refractivity contribution is 0.366. The first-order chi connectivity index (χ1) is 10.8. The average molecular weight is 292 g/mol. The van der Waals surface area contributed by atoms with Gasteiger partial charge in [-0.05, 0) is 48.0 Å². The zero-order chi connectivity index (χ0) is 15.1. The molecule has 0 aromatic carbocycles. The normalized spacial score (nSPS) is 36.6. The summed E-state index contributed by atoms with van der Waals surface area (Å²) in [7, 11) is 0. The van der Waals surface area contributed by atoms with Crippen LogP contribution in [0.2, 0.25) is 0 Å². The number of rotatable bonds is 1. The van der Waals surface area contributed by atoms with E-state index in [1.807, 2.05) is 0 Å². The van der Waals surface area contributed by atoms with E-state index in [1.165, 1.54) is 22.3 Å². The first kappa shape index (κ1) is 14.0. The molecule has 0 aromatic rings. The maximum Gasteiger partial charge on any atom is 0.0303 e. The molecule has 2 unspecified atom stereocenters. The summed E-state index contributed by atoms with van der Waals surface area (Å²) in [4.78, 5) is 0. The zero-order valence-electron chi connectivity index (χ0n) is 12.9. The van der Waals surface area contributed by atoms with Gasteiger partial charge in [0.2, 0.25) is 0 Å². The van der Waals surface area contributed by atoms with Crippen LogP contribution in [0.4, 0.5) is 0 Å². The largest absolute Gasteiger partial charge is 0.324 e. The van der Waals surface area contributed by atoms with E-state index in [0.29, 0.717) is 11.8 Å². The molecular formula is C20H24N2. The predicted octanol–water partition coefficient (Wildman–Crippen LogP) is 3.31. The standard InChI is InChI=1S/C20H24N2/c21-17-11-9-13-5-1-3-7-15(13)19(17)20-16-8-4-2-6-14(16)10-12-18(20)22/h3-4,7-12,17-20H,1-2,5-6,21-22H2/t17?,18?,19-,20-/m0/s1. The van der Waals surface area contributed by atoms with E-state index in [-0.39, 0.29) is 12.1 Å². The first-order valence-electron chi connectivity index (χ1n) is 8.42. The summed E-state index contributed by atoms with van der Waals surface area (Å²) < 4.78 is 0. The summed E-state index contributed by atoms with van der Waals surface area (Å²) in [6.45, 7) is 0. The van der Waals surface area contributed by atoms with E-state index in [1.54, 1.807) is 0 Å². The van der Waals surface area contributed by atoms with Crippen LogP contribution in [-0.2, 0) is 0 Å². The zero-order valence-corrected chi connectivity index (χ0v) is 12.9. The van der Waals surface area contributed by atoms with E-state index in [2.05, 4.69) is 48.6 Å². The Hall–Kier alpha value is -1.64. The molecule has 0 aromatic heterocycles. The van der Waals surface area contributed by atoms with Crippen molar-refractivity contribution in [3.63, 3.8) is 0 Å². The lowest BCUT2D eigenvalue weighted by atomic mass is 9.65. The van der Waals surface area contributed by atoms with Crippen LogP contribution in [0.3, 0.4) is 0 Å². The summed E-state index contributed by atoms with van der Waals surface area (Å²) in [6, 6.07) is 0.0984.